The van der Waals surface area contributed by atoms with E-state index in [0.29, 0.717) is 51.9 Å². The number of nitrogens with two attached hydrogens (primary N) is 2. The summed E-state index contributed by atoms with van der Waals surface area (Å²) in [5, 5.41) is 28.8. The minimum atomic E-state index is -0.962. The average molecular weight is 938 g/mol. The Morgan fingerprint density at radius 2 is 1.85 bits per heavy atom. The molecule has 0 fully saturated rings. The van der Waals surface area contributed by atoms with Crippen LogP contribution in [0.1, 0.15) is 69.0 Å². The van der Waals surface area contributed by atoms with Crippen LogP contribution in [0.15, 0.2) is 121 Å². The summed E-state index contributed by atoms with van der Waals surface area (Å²) in [5.74, 6) is 4.33. The van der Waals surface area contributed by atoms with Crippen LogP contribution in [-0.2, 0) is 21.5 Å². The molecule has 336 valence electrons. The van der Waals surface area contributed by atoms with E-state index < -0.39 is 29.1 Å². The summed E-state index contributed by atoms with van der Waals surface area (Å²) in [4.78, 5) is 46.0. The van der Waals surface area contributed by atoms with Crippen molar-refractivity contribution in [3.63, 3.8) is 0 Å². The van der Waals surface area contributed by atoms with Gasteiger partial charge in [0, 0.05) is 66.3 Å². The van der Waals surface area contributed by atoms with Crippen LogP contribution >= 0.6 is 11.3 Å². The Balaban J connectivity index is 0.00000237. The molecule has 0 bridgehead atoms. The molecule has 14 nitrogen and oxygen atoms in total. The van der Waals surface area contributed by atoms with Crippen molar-refractivity contribution < 1.29 is 89.8 Å². The predicted molar refractivity (Wildman–Crippen MR) is 246 cm³/mol. The van der Waals surface area contributed by atoms with Gasteiger partial charge in [0.15, 0.2) is 16.6 Å². The van der Waals surface area contributed by atoms with Gasteiger partial charge in [-0.15, -0.1) is 11.3 Å². The fraction of sp³-hybridized carbons (Fsp3) is 0.224. The van der Waals surface area contributed by atoms with E-state index >= 15 is 0 Å². The third-order valence-electron chi connectivity index (χ3n) is 11.3. The number of ether oxygens (including phenoxy) is 2. The number of aldehydes is 1. The number of nitrogens with zero attached hydrogens (tertiary/aromatic N) is 3. The molecule has 0 saturated heterocycles. The van der Waals surface area contributed by atoms with Gasteiger partial charge in [0.2, 0.25) is 5.91 Å². The molecule has 8 rings (SSSR count). The van der Waals surface area contributed by atoms with Gasteiger partial charge in [0.05, 0.1) is 24.2 Å². The predicted octanol–water partition coefficient (Wildman–Crippen LogP) is 3.65. The molecule has 0 radical (unpaired) electrons. The van der Waals surface area contributed by atoms with E-state index in [1.807, 2.05) is 68.4 Å². The number of fused-ring (bicyclic) bond motifs is 2. The maximum absolute atomic E-state index is 14.4. The number of hydrazine groups is 1. The number of halogens is 1. The fourth-order valence-electron chi connectivity index (χ4n) is 8.21. The molecule has 0 spiro atoms. The molecular weight excluding hydrogens is 889 g/mol. The molecule has 0 aliphatic carbocycles. The minimum Gasteiger partial charge on any atom is -0.870 e. The van der Waals surface area contributed by atoms with E-state index in [9.17, 15) is 23.9 Å². The number of hydrogen-bond acceptors (Lipinski definition) is 13. The number of carbonyl (C=O) groups excluding carboxylic acids is 3. The first-order valence-corrected chi connectivity index (χ1v) is 21.7. The zero-order valence-corrected chi connectivity index (χ0v) is 40.9. The normalized spacial score (nSPS) is 17.5. The molecule has 3 heterocycles. The van der Waals surface area contributed by atoms with E-state index in [-0.39, 0.29) is 94.3 Å². The number of aliphatic hydroxyl groups excluding tert-OH is 1. The number of anilines is 2. The first-order chi connectivity index (χ1) is 31.4. The number of aliphatic hydroxyl groups is 1. The Morgan fingerprint density at radius 1 is 1.08 bits per heavy atom. The Kier molecular flexibility index (Phi) is 16.9. The summed E-state index contributed by atoms with van der Waals surface area (Å²) in [5.41, 5.74) is 12.1. The molecule has 6 aromatic rings. The number of hydrogen-bond donors (Lipinski definition) is 5. The zero-order chi connectivity index (χ0) is 46.3. The van der Waals surface area contributed by atoms with Crippen LogP contribution in [0.3, 0.4) is 0 Å². The van der Waals surface area contributed by atoms with Crippen LogP contribution in [0.4, 0.5) is 15.2 Å². The number of amides is 2. The Hall–Kier alpha value is -5.47. The number of benzene rings is 5. The molecule has 1 aromatic heterocycles. The van der Waals surface area contributed by atoms with Gasteiger partial charge in [0.25, 0.3) is 5.91 Å². The van der Waals surface area contributed by atoms with Crippen molar-refractivity contribution in [2.75, 3.05) is 37.0 Å². The van der Waals surface area contributed by atoms with Gasteiger partial charge >= 0.3 is 51.4 Å². The van der Waals surface area contributed by atoms with Gasteiger partial charge in [-0.2, -0.15) is 0 Å². The Labute approximate surface area is 428 Å². The molecule has 2 aliphatic heterocycles. The number of nitrogens with one attached hydrogen (secondary N) is 2. The second-order valence-electron chi connectivity index (χ2n) is 15.7. The van der Waals surface area contributed by atoms with Gasteiger partial charge in [-0.05, 0) is 78.9 Å². The van der Waals surface area contributed by atoms with Crippen molar-refractivity contribution in [3.05, 3.63) is 166 Å². The first kappa shape index (κ1) is 49.9. The Morgan fingerprint density at radius 3 is 2.58 bits per heavy atom. The third-order valence-corrected chi connectivity index (χ3v) is 12.0. The number of carbonyl (C=O) groups is 3. The zero-order valence-electron chi connectivity index (χ0n) is 37.0. The summed E-state index contributed by atoms with van der Waals surface area (Å²) >= 11 is 1.32. The van der Waals surface area contributed by atoms with E-state index in [4.69, 9.17) is 26.2 Å². The number of thiazole rings is 1. The van der Waals surface area contributed by atoms with Crippen LogP contribution < -0.4 is 93.1 Å². The summed E-state index contributed by atoms with van der Waals surface area (Å²) in [7, 11) is 1.00. The standard InChI is InChI=1S/C48H46FN7O6S.CH4O.K/c1-29-10-12-30(13-11-29)45-37(28-57)35-8-3-4-9-36(35)46(60)56(45)33-7-5-6-32(22-33)40(50)27-55(51)19-20-61-42-23-31-16-17-53-48(2,26-44(59)54-47-52-18-21-63-47)38(31)25-43(42)62-34-14-15-41(58)39(49)24-34;1-2;/h3-15,18,21-25,27-28,37,45,53,58H,16-17,19-20,26,50-51H2,1-2H3,(H,52,54,59);2H,1H3;/q;;+1/p-1/b40-27-;;. The van der Waals surface area contributed by atoms with Gasteiger partial charge < -0.3 is 45.9 Å². The van der Waals surface area contributed by atoms with Crippen LogP contribution in [-0.4, -0.2) is 60.0 Å². The van der Waals surface area contributed by atoms with Crippen molar-refractivity contribution >= 4 is 46.0 Å². The van der Waals surface area contributed by atoms with Crippen molar-refractivity contribution in [2.45, 2.75) is 44.2 Å². The molecule has 0 saturated carbocycles. The molecule has 5 aromatic carbocycles. The van der Waals surface area contributed by atoms with E-state index in [1.54, 1.807) is 53.0 Å². The molecular formula is C49H49FKN7O7S. The van der Waals surface area contributed by atoms with Gasteiger partial charge in [-0.25, -0.2) is 15.2 Å². The number of rotatable bonds is 14. The van der Waals surface area contributed by atoms with Crippen LogP contribution in [0, 0.1) is 12.7 Å². The second kappa shape index (κ2) is 22.3. The summed E-state index contributed by atoms with van der Waals surface area (Å²) in [6.45, 7) is 4.74. The van der Waals surface area contributed by atoms with E-state index in [0.717, 1.165) is 47.8 Å². The van der Waals surface area contributed by atoms with Crippen LogP contribution in [0.5, 0.6) is 23.0 Å². The van der Waals surface area contributed by atoms with Gasteiger partial charge in [-0.3, -0.25) is 14.5 Å². The molecule has 66 heavy (non-hydrogen) atoms. The van der Waals surface area contributed by atoms with E-state index in [2.05, 4.69) is 15.6 Å². The largest absolute Gasteiger partial charge is 1.00 e. The number of aryl methyl sites for hydroxylation is 1. The number of aromatic nitrogens is 1. The molecule has 17 heteroatoms. The summed E-state index contributed by atoms with van der Waals surface area (Å²) in [6.07, 6.45) is 4.80. The quantitative estimate of drug-likeness (QED) is 0.0459. The van der Waals surface area contributed by atoms with Crippen molar-refractivity contribution in [3.8, 4) is 23.0 Å². The smallest absolute Gasteiger partial charge is 0.870 e. The maximum atomic E-state index is 14.4. The monoisotopic (exact) mass is 937 g/mol. The summed E-state index contributed by atoms with van der Waals surface area (Å²) in [6, 6.07) is 28.7. The topological polar surface area (TPSA) is 208 Å². The van der Waals surface area contributed by atoms with Crippen LogP contribution in [0.25, 0.3) is 5.70 Å². The molecule has 2 amide bonds. The minimum absolute atomic E-state index is 0. The summed E-state index contributed by atoms with van der Waals surface area (Å²) < 4.78 is 26.8. The first-order valence-electron chi connectivity index (χ1n) is 20.8. The Bertz CT molecular complexity index is 2710. The molecule has 2 aliphatic rings. The van der Waals surface area contributed by atoms with Crippen molar-refractivity contribution in [2.24, 2.45) is 11.6 Å². The molecule has 3 atom stereocenters. The second-order valence-corrected chi connectivity index (χ2v) is 16.6. The van der Waals surface area contributed by atoms with E-state index in [1.165, 1.54) is 22.4 Å². The SMILES string of the molecule is CO.Cc1ccc(C2C(C=O)c3ccccc3C(=O)N2c2cccc(/C(N)=C/N(N)CCOc3cc4c(cc3Oc3ccc([O-])c(F)c3)C(C)(CC(=O)Nc3nccs3)NCC4)c2)cc1.[K+]. The van der Waals surface area contributed by atoms with Crippen LogP contribution in [0.2, 0.25) is 0 Å². The molecule has 7 N–H and O–H groups in total. The van der Waals surface area contributed by atoms with Gasteiger partial charge in [-0.1, -0.05) is 72.0 Å². The van der Waals surface area contributed by atoms with Crippen molar-refractivity contribution in [1.82, 2.24) is 15.3 Å². The van der Waals surface area contributed by atoms with Gasteiger partial charge in [0.1, 0.15) is 24.5 Å². The third kappa shape index (κ3) is 11.2. The molecule has 3 unspecified atom stereocenters. The maximum Gasteiger partial charge on any atom is 1.00 e. The fourth-order valence-corrected chi connectivity index (χ4v) is 8.76. The average Bonchev–Trinajstić information content (AvgIpc) is 3.82. The van der Waals surface area contributed by atoms with Crippen molar-refractivity contribution in [1.29, 1.82) is 0 Å².